The van der Waals surface area contributed by atoms with Crippen molar-refractivity contribution in [3.63, 3.8) is 0 Å². The molecule has 1 aliphatic carbocycles. The van der Waals surface area contributed by atoms with E-state index in [4.69, 9.17) is 4.52 Å². The van der Waals surface area contributed by atoms with E-state index in [9.17, 15) is 9.59 Å². The molecule has 0 bridgehead atoms. The molecule has 150 valence electrons. The van der Waals surface area contributed by atoms with E-state index in [1.54, 1.807) is 4.90 Å². The quantitative estimate of drug-likeness (QED) is 0.856. The lowest BCUT2D eigenvalue weighted by molar-refractivity contribution is -0.126. The summed E-state index contributed by atoms with van der Waals surface area (Å²) in [6, 6.07) is 1.86. The van der Waals surface area contributed by atoms with Gasteiger partial charge < -0.3 is 14.7 Å². The smallest absolute Gasteiger partial charge is 0.259 e. The van der Waals surface area contributed by atoms with Gasteiger partial charge in [-0.1, -0.05) is 19.0 Å². The maximum Gasteiger partial charge on any atom is 0.259 e. The van der Waals surface area contributed by atoms with Gasteiger partial charge in [-0.15, -0.1) is 0 Å². The number of aromatic nitrogens is 2. The first-order chi connectivity index (χ1) is 13.4. The Labute approximate surface area is 164 Å². The van der Waals surface area contributed by atoms with Crippen molar-refractivity contribution in [1.29, 1.82) is 0 Å². The molecule has 4 rings (SSSR count). The van der Waals surface area contributed by atoms with Crippen LogP contribution in [0.3, 0.4) is 0 Å². The molecule has 1 N–H and O–H groups in total. The van der Waals surface area contributed by atoms with Gasteiger partial charge in [0.05, 0.1) is 22.6 Å². The second-order valence-electron chi connectivity index (χ2n) is 8.48. The van der Waals surface area contributed by atoms with Gasteiger partial charge >= 0.3 is 0 Å². The zero-order valence-electron chi connectivity index (χ0n) is 16.8. The number of piperidine rings is 1. The first kappa shape index (κ1) is 18.9. The summed E-state index contributed by atoms with van der Waals surface area (Å²) >= 11 is 0. The highest BCUT2D eigenvalue weighted by Gasteiger charge is 2.32. The van der Waals surface area contributed by atoms with Crippen molar-refractivity contribution >= 4 is 22.9 Å². The van der Waals surface area contributed by atoms with Crippen molar-refractivity contribution in [2.75, 3.05) is 19.6 Å². The van der Waals surface area contributed by atoms with Crippen molar-refractivity contribution in [2.45, 2.75) is 52.4 Å². The fraction of sp³-hybridized carbons (Fsp3) is 0.619. The highest BCUT2D eigenvalue weighted by atomic mass is 16.5. The summed E-state index contributed by atoms with van der Waals surface area (Å²) in [4.78, 5) is 32.2. The molecule has 0 aromatic carbocycles. The Bertz CT molecular complexity index is 900. The first-order valence-electron chi connectivity index (χ1n) is 10.3. The second-order valence-corrected chi connectivity index (χ2v) is 8.48. The number of amides is 2. The summed E-state index contributed by atoms with van der Waals surface area (Å²) < 4.78 is 5.34. The lowest BCUT2D eigenvalue weighted by Gasteiger charge is -2.32. The molecule has 2 aliphatic rings. The minimum absolute atomic E-state index is 0.0692. The van der Waals surface area contributed by atoms with Gasteiger partial charge in [0.2, 0.25) is 5.91 Å². The maximum atomic E-state index is 13.4. The maximum absolute atomic E-state index is 13.4. The predicted molar refractivity (Wildman–Crippen MR) is 105 cm³/mol. The van der Waals surface area contributed by atoms with E-state index in [2.05, 4.69) is 15.5 Å². The first-order valence-corrected chi connectivity index (χ1v) is 10.3. The van der Waals surface area contributed by atoms with Gasteiger partial charge in [0.25, 0.3) is 11.6 Å². The number of carbonyl (C=O) groups excluding carboxylic acids is 2. The lowest BCUT2D eigenvalue weighted by Crippen LogP contribution is -2.45. The predicted octanol–water partition coefficient (Wildman–Crippen LogP) is 3.03. The number of nitrogens with one attached hydrogen (secondary N) is 1. The van der Waals surface area contributed by atoms with Crippen molar-refractivity contribution in [3.05, 3.63) is 23.0 Å². The van der Waals surface area contributed by atoms with Crippen LogP contribution in [-0.4, -0.2) is 46.5 Å². The molecule has 2 fully saturated rings. The van der Waals surface area contributed by atoms with Gasteiger partial charge in [-0.25, -0.2) is 4.98 Å². The summed E-state index contributed by atoms with van der Waals surface area (Å²) in [6.07, 6.45) is 4.09. The van der Waals surface area contributed by atoms with Crippen LogP contribution < -0.4 is 5.32 Å². The Morgan fingerprint density at radius 3 is 2.82 bits per heavy atom. The third kappa shape index (κ3) is 3.75. The number of rotatable bonds is 5. The van der Waals surface area contributed by atoms with E-state index in [1.165, 1.54) is 12.8 Å². The minimum atomic E-state index is -0.137. The van der Waals surface area contributed by atoms with Crippen LogP contribution in [0.5, 0.6) is 0 Å². The fourth-order valence-corrected chi connectivity index (χ4v) is 3.84. The molecule has 2 amide bonds. The van der Waals surface area contributed by atoms with Crippen LogP contribution in [-0.2, 0) is 4.79 Å². The van der Waals surface area contributed by atoms with Crippen molar-refractivity contribution in [3.8, 4) is 0 Å². The van der Waals surface area contributed by atoms with Crippen molar-refractivity contribution in [2.24, 2.45) is 11.8 Å². The Morgan fingerprint density at radius 2 is 2.11 bits per heavy atom. The average Bonchev–Trinajstić information content (AvgIpc) is 3.46. The molecular formula is C21H28N4O3. The molecule has 7 heteroatoms. The molecule has 3 heterocycles. The largest absolute Gasteiger partial charge is 0.356 e. The number of hydrogen-bond donors (Lipinski definition) is 1. The van der Waals surface area contributed by atoms with E-state index in [1.807, 2.05) is 26.8 Å². The topological polar surface area (TPSA) is 88.3 Å². The van der Waals surface area contributed by atoms with Crippen LogP contribution in [0.4, 0.5) is 0 Å². The van der Waals surface area contributed by atoms with Gasteiger partial charge in [-0.3, -0.25) is 9.59 Å². The summed E-state index contributed by atoms with van der Waals surface area (Å²) in [5, 5.41) is 7.74. The van der Waals surface area contributed by atoms with Crippen LogP contribution in [0.2, 0.25) is 0 Å². The third-order valence-electron chi connectivity index (χ3n) is 5.80. The molecule has 28 heavy (non-hydrogen) atoms. The Kier molecular flexibility index (Phi) is 5.08. The van der Waals surface area contributed by atoms with E-state index >= 15 is 0 Å². The van der Waals surface area contributed by atoms with Crippen LogP contribution >= 0.6 is 0 Å². The summed E-state index contributed by atoms with van der Waals surface area (Å²) in [6.45, 7) is 7.78. The Morgan fingerprint density at radius 1 is 1.32 bits per heavy atom. The molecule has 0 radical (unpaired) electrons. The monoisotopic (exact) mass is 384 g/mol. The van der Waals surface area contributed by atoms with E-state index in [0.29, 0.717) is 41.4 Å². The fourth-order valence-electron chi connectivity index (χ4n) is 3.84. The highest BCUT2D eigenvalue weighted by Crippen LogP contribution is 2.29. The minimum Gasteiger partial charge on any atom is -0.356 e. The Balaban J connectivity index is 1.56. The molecule has 2 aromatic heterocycles. The SMILES string of the molecule is Cc1noc2nc(C(C)C)cc(C(=O)N3CCCC(C(=O)NCC4CC4)C3)c12. The van der Waals surface area contributed by atoms with E-state index in [0.717, 1.165) is 25.1 Å². The van der Waals surface area contributed by atoms with Crippen LogP contribution in [0.15, 0.2) is 10.6 Å². The van der Waals surface area contributed by atoms with Crippen LogP contribution in [0, 0.1) is 18.8 Å². The zero-order valence-corrected chi connectivity index (χ0v) is 16.8. The number of pyridine rings is 1. The van der Waals surface area contributed by atoms with Crippen molar-refractivity contribution in [1.82, 2.24) is 20.4 Å². The average molecular weight is 384 g/mol. The number of carbonyl (C=O) groups is 2. The van der Waals surface area contributed by atoms with E-state index in [-0.39, 0.29) is 23.7 Å². The van der Waals surface area contributed by atoms with Gasteiger partial charge in [0.15, 0.2) is 0 Å². The molecule has 1 unspecified atom stereocenters. The molecule has 1 aliphatic heterocycles. The highest BCUT2D eigenvalue weighted by molar-refractivity contribution is 6.06. The Hall–Kier alpha value is -2.44. The van der Waals surface area contributed by atoms with Crippen LogP contribution in [0.1, 0.15) is 67.2 Å². The molecule has 0 spiro atoms. The normalized spacial score (nSPS) is 20.0. The molecule has 2 aromatic rings. The van der Waals surface area contributed by atoms with Crippen LogP contribution in [0.25, 0.3) is 11.1 Å². The van der Waals surface area contributed by atoms with Gasteiger partial charge in [0, 0.05) is 25.3 Å². The lowest BCUT2D eigenvalue weighted by atomic mass is 9.95. The molecular weight excluding hydrogens is 356 g/mol. The zero-order chi connectivity index (χ0) is 19.8. The number of fused-ring (bicyclic) bond motifs is 1. The molecule has 7 nitrogen and oxygen atoms in total. The number of nitrogens with zero attached hydrogens (tertiary/aromatic N) is 3. The standard InChI is InChI=1S/C21H28N4O3/c1-12(2)17-9-16(18-13(3)24-28-20(18)23-17)21(27)25-8-4-5-15(11-25)19(26)22-10-14-6-7-14/h9,12,14-15H,4-8,10-11H2,1-3H3,(H,22,26). The van der Waals surface area contributed by atoms with Gasteiger partial charge in [0.1, 0.15) is 0 Å². The van der Waals surface area contributed by atoms with E-state index < -0.39 is 0 Å². The second kappa shape index (κ2) is 7.53. The summed E-state index contributed by atoms with van der Waals surface area (Å²) in [7, 11) is 0. The summed E-state index contributed by atoms with van der Waals surface area (Å²) in [5.41, 5.74) is 2.45. The molecule has 1 saturated carbocycles. The number of likely N-dealkylation sites (tertiary alicyclic amines) is 1. The van der Waals surface area contributed by atoms with Crippen molar-refractivity contribution < 1.29 is 14.1 Å². The number of hydrogen-bond acceptors (Lipinski definition) is 5. The molecule has 1 saturated heterocycles. The molecule has 1 atom stereocenters. The summed E-state index contributed by atoms with van der Waals surface area (Å²) in [5.74, 6) is 0.695. The number of aryl methyl sites for hydroxylation is 1. The van der Waals surface area contributed by atoms with Gasteiger partial charge in [-0.2, -0.15) is 0 Å². The third-order valence-corrected chi connectivity index (χ3v) is 5.80. The van der Waals surface area contributed by atoms with Gasteiger partial charge in [-0.05, 0) is 50.5 Å².